The second-order valence-electron chi connectivity index (χ2n) is 6.34. The number of rotatable bonds is 3. The summed E-state index contributed by atoms with van der Waals surface area (Å²) in [6.45, 7) is 8.91. The maximum atomic E-state index is 4.59. The third-order valence-electron chi connectivity index (χ3n) is 3.55. The molecular formula is C14H22BrN3. The zero-order valence-corrected chi connectivity index (χ0v) is 13.2. The first kappa shape index (κ1) is 13.8. The van der Waals surface area contributed by atoms with Gasteiger partial charge in [-0.05, 0) is 40.6 Å². The highest BCUT2D eigenvalue weighted by atomic mass is 79.9. The number of nitrogens with zero attached hydrogens (tertiary/aromatic N) is 2. The molecule has 1 aromatic rings. The first-order valence-corrected chi connectivity index (χ1v) is 7.46. The van der Waals surface area contributed by atoms with Crippen LogP contribution in [0.15, 0.2) is 10.7 Å². The topological polar surface area (TPSA) is 37.8 Å². The van der Waals surface area contributed by atoms with Gasteiger partial charge in [0.15, 0.2) is 0 Å². The van der Waals surface area contributed by atoms with Crippen LogP contribution in [-0.2, 0) is 0 Å². The lowest BCUT2D eigenvalue weighted by Gasteiger charge is -2.18. The van der Waals surface area contributed by atoms with E-state index in [9.17, 15) is 0 Å². The van der Waals surface area contributed by atoms with Crippen LogP contribution in [0.25, 0.3) is 0 Å². The van der Waals surface area contributed by atoms with Gasteiger partial charge < -0.3 is 5.32 Å². The molecule has 0 bridgehead atoms. The smallest absolute Gasteiger partial charge is 0.134 e. The van der Waals surface area contributed by atoms with Crippen LogP contribution in [-0.4, -0.2) is 16.0 Å². The van der Waals surface area contributed by atoms with Gasteiger partial charge in [0.05, 0.1) is 0 Å². The lowest BCUT2D eigenvalue weighted by molar-refractivity contribution is 0.378. The summed E-state index contributed by atoms with van der Waals surface area (Å²) in [4.78, 5) is 8.99. The molecule has 100 valence electrons. The van der Waals surface area contributed by atoms with Crippen molar-refractivity contribution in [3.8, 4) is 0 Å². The highest BCUT2D eigenvalue weighted by Gasteiger charge is 2.31. The Kier molecular flexibility index (Phi) is 3.95. The van der Waals surface area contributed by atoms with E-state index in [1.165, 1.54) is 19.3 Å². The minimum Gasteiger partial charge on any atom is -0.367 e. The molecule has 4 heteroatoms. The summed E-state index contributed by atoms with van der Waals surface area (Å²) in [6.07, 6.45) is 3.73. The van der Waals surface area contributed by atoms with Crippen molar-refractivity contribution in [1.29, 1.82) is 0 Å². The van der Waals surface area contributed by atoms with Crippen molar-refractivity contribution in [2.24, 2.45) is 5.41 Å². The van der Waals surface area contributed by atoms with Gasteiger partial charge in [0.25, 0.3) is 0 Å². The molecule has 1 N–H and O–H groups in total. The summed E-state index contributed by atoms with van der Waals surface area (Å²) in [5, 5.41) is 3.55. The Morgan fingerprint density at radius 1 is 1.39 bits per heavy atom. The summed E-state index contributed by atoms with van der Waals surface area (Å²) in [6, 6.07) is 2.51. The quantitative estimate of drug-likeness (QED) is 0.843. The van der Waals surface area contributed by atoms with Crippen LogP contribution >= 0.6 is 15.9 Å². The van der Waals surface area contributed by atoms with E-state index in [1.54, 1.807) is 0 Å². The predicted octanol–water partition coefficient (Wildman–Crippen LogP) is 4.35. The van der Waals surface area contributed by atoms with Gasteiger partial charge in [0.2, 0.25) is 0 Å². The SMILES string of the molecule is CC(C)c1nc(Br)cc(NC2CCC(C)(C)C2)n1. The van der Waals surface area contributed by atoms with Gasteiger partial charge in [-0.15, -0.1) is 0 Å². The Labute approximate surface area is 118 Å². The molecule has 0 aromatic carbocycles. The van der Waals surface area contributed by atoms with E-state index < -0.39 is 0 Å². The Morgan fingerprint density at radius 3 is 2.67 bits per heavy atom. The minimum atomic E-state index is 0.350. The highest BCUT2D eigenvalue weighted by molar-refractivity contribution is 9.10. The molecule has 18 heavy (non-hydrogen) atoms. The molecule has 0 radical (unpaired) electrons. The van der Waals surface area contributed by atoms with Crippen LogP contribution in [0.4, 0.5) is 5.82 Å². The van der Waals surface area contributed by atoms with Crippen molar-refractivity contribution in [1.82, 2.24) is 9.97 Å². The van der Waals surface area contributed by atoms with Gasteiger partial charge >= 0.3 is 0 Å². The summed E-state index contributed by atoms with van der Waals surface area (Å²) in [5.74, 6) is 2.19. The fourth-order valence-electron chi connectivity index (χ4n) is 2.54. The first-order valence-electron chi connectivity index (χ1n) is 6.67. The molecule has 1 unspecified atom stereocenters. The summed E-state index contributed by atoms with van der Waals surface area (Å²) in [5.41, 5.74) is 0.461. The second kappa shape index (κ2) is 5.16. The standard InChI is InChI=1S/C14H22BrN3/c1-9(2)13-17-11(15)7-12(18-13)16-10-5-6-14(3,4)8-10/h7,9-10H,5-6,8H2,1-4H3,(H,16,17,18). The van der Waals surface area contributed by atoms with Crippen LogP contribution in [0, 0.1) is 5.41 Å². The summed E-state index contributed by atoms with van der Waals surface area (Å²) >= 11 is 3.46. The number of hydrogen-bond donors (Lipinski definition) is 1. The molecule has 1 aliphatic rings. The zero-order valence-electron chi connectivity index (χ0n) is 11.6. The van der Waals surface area contributed by atoms with E-state index in [2.05, 4.69) is 58.9 Å². The molecule has 2 rings (SSSR count). The Balaban J connectivity index is 2.10. The average Bonchev–Trinajstić information content (AvgIpc) is 2.57. The van der Waals surface area contributed by atoms with Gasteiger partial charge in [-0.3, -0.25) is 0 Å². The number of anilines is 1. The second-order valence-corrected chi connectivity index (χ2v) is 7.15. The Bertz CT molecular complexity index is 429. The van der Waals surface area contributed by atoms with Gasteiger partial charge in [0, 0.05) is 18.0 Å². The van der Waals surface area contributed by atoms with Gasteiger partial charge in [-0.2, -0.15) is 0 Å². The minimum absolute atomic E-state index is 0.350. The summed E-state index contributed by atoms with van der Waals surface area (Å²) in [7, 11) is 0. The van der Waals surface area contributed by atoms with Crippen LogP contribution in [0.3, 0.4) is 0 Å². The van der Waals surface area contributed by atoms with Crippen LogP contribution in [0.5, 0.6) is 0 Å². The first-order chi connectivity index (χ1) is 8.35. The van der Waals surface area contributed by atoms with Gasteiger partial charge in [-0.25, -0.2) is 9.97 Å². The predicted molar refractivity (Wildman–Crippen MR) is 78.9 cm³/mol. The fraction of sp³-hybridized carbons (Fsp3) is 0.714. The van der Waals surface area contributed by atoms with Crippen LogP contribution in [0.2, 0.25) is 0 Å². The van der Waals surface area contributed by atoms with Crippen molar-refractivity contribution in [2.75, 3.05) is 5.32 Å². The van der Waals surface area contributed by atoms with Crippen molar-refractivity contribution in [3.05, 3.63) is 16.5 Å². The monoisotopic (exact) mass is 311 g/mol. The number of hydrogen-bond acceptors (Lipinski definition) is 3. The third kappa shape index (κ3) is 3.44. The maximum absolute atomic E-state index is 4.59. The van der Waals surface area contributed by atoms with Crippen molar-refractivity contribution in [3.63, 3.8) is 0 Å². The largest absolute Gasteiger partial charge is 0.367 e. The molecule has 0 aliphatic heterocycles. The van der Waals surface area contributed by atoms with Gasteiger partial charge in [0.1, 0.15) is 16.2 Å². The molecule has 1 saturated carbocycles. The van der Waals surface area contributed by atoms with Crippen LogP contribution in [0.1, 0.15) is 58.7 Å². The molecule has 1 fully saturated rings. The number of halogens is 1. The van der Waals surface area contributed by atoms with E-state index in [1.807, 2.05) is 6.07 Å². The van der Waals surface area contributed by atoms with Crippen LogP contribution < -0.4 is 5.32 Å². The lowest BCUT2D eigenvalue weighted by Crippen LogP contribution is -2.19. The molecule has 3 nitrogen and oxygen atoms in total. The maximum Gasteiger partial charge on any atom is 0.134 e. The van der Waals surface area contributed by atoms with E-state index in [-0.39, 0.29) is 0 Å². The van der Waals surface area contributed by atoms with E-state index >= 15 is 0 Å². The molecule has 1 heterocycles. The van der Waals surface area contributed by atoms with Crippen molar-refractivity contribution >= 4 is 21.7 Å². The average molecular weight is 312 g/mol. The van der Waals surface area contributed by atoms with Crippen molar-refractivity contribution in [2.45, 2.75) is 58.9 Å². The Morgan fingerprint density at radius 2 is 2.11 bits per heavy atom. The molecule has 1 atom stereocenters. The number of nitrogens with one attached hydrogen (secondary N) is 1. The summed E-state index contributed by atoms with van der Waals surface area (Å²) < 4.78 is 0.862. The molecule has 1 aliphatic carbocycles. The lowest BCUT2D eigenvalue weighted by atomic mass is 9.92. The highest BCUT2D eigenvalue weighted by Crippen LogP contribution is 2.38. The van der Waals surface area contributed by atoms with Crippen molar-refractivity contribution < 1.29 is 0 Å². The third-order valence-corrected chi connectivity index (χ3v) is 3.96. The van der Waals surface area contributed by atoms with E-state index in [0.29, 0.717) is 17.4 Å². The fourth-order valence-corrected chi connectivity index (χ4v) is 2.93. The van der Waals surface area contributed by atoms with E-state index in [4.69, 9.17) is 0 Å². The molecule has 1 aromatic heterocycles. The molecular weight excluding hydrogens is 290 g/mol. The van der Waals surface area contributed by atoms with E-state index in [0.717, 1.165) is 16.2 Å². The molecule has 0 spiro atoms. The normalized spacial score (nSPS) is 22.4. The number of aromatic nitrogens is 2. The van der Waals surface area contributed by atoms with Gasteiger partial charge in [-0.1, -0.05) is 27.7 Å². The zero-order chi connectivity index (χ0) is 13.3. The molecule has 0 saturated heterocycles. The Hall–Kier alpha value is -0.640. The molecule has 0 amide bonds.